The van der Waals surface area contributed by atoms with Crippen molar-refractivity contribution >= 4 is 33.0 Å². The highest BCUT2D eigenvalue weighted by Gasteiger charge is 2.30. The minimum Gasteiger partial charge on any atom is -0.510 e. The molecule has 2 aromatic carbocycles. The van der Waals surface area contributed by atoms with Gasteiger partial charge in [0.25, 0.3) is 0 Å². The number of rotatable bonds is 6. The molecule has 1 aromatic heterocycles. The van der Waals surface area contributed by atoms with Crippen LogP contribution >= 0.6 is 11.3 Å². The number of methoxy groups -OCH3 is 1. The third-order valence-electron chi connectivity index (χ3n) is 4.38. The maximum absolute atomic E-state index is 10.4. The highest BCUT2D eigenvalue weighted by atomic mass is 32.1. The van der Waals surface area contributed by atoms with Crippen molar-refractivity contribution in [2.45, 2.75) is 0 Å². The van der Waals surface area contributed by atoms with Gasteiger partial charge in [-0.15, -0.1) is 11.3 Å². The minimum absolute atomic E-state index is 0.184. The number of ether oxygens (including phenoxy) is 2. The number of benzene rings is 2. The van der Waals surface area contributed by atoms with Crippen LogP contribution in [0, 0.1) is 5.41 Å². The lowest BCUT2D eigenvalue weighted by Crippen LogP contribution is -2.31. The van der Waals surface area contributed by atoms with Gasteiger partial charge in [-0.3, -0.25) is 5.41 Å². The number of para-hydroxylation sites is 1. The standard InChI is InChI=1S/C20H19N3O3S/c1-25-13-6-8-14(9-7-13)26-11-10-23-12-16(24)18(19(23)21)20-22-15-4-2-3-5-17(15)27-20/h2-9,21,24H,10-12H2,1H3. The number of hydrogen-bond donors (Lipinski definition) is 2. The lowest BCUT2D eigenvalue weighted by atomic mass is 10.2. The van der Waals surface area contributed by atoms with Crippen LogP contribution in [-0.4, -0.2) is 47.6 Å². The summed E-state index contributed by atoms with van der Waals surface area (Å²) in [5.41, 5.74) is 1.40. The Labute approximate surface area is 160 Å². The summed E-state index contributed by atoms with van der Waals surface area (Å²) in [6.45, 7) is 1.22. The average Bonchev–Trinajstić information content (AvgIpc) is 3.22. The van der Waals surface area contributed by atoms with Crippen LogP contribution < -0.4 is 9.47 Å². The summed E-state index contributed by atoms with van der Waals surface area (Å²) in [6.07, 6.45) is 0. The first-order valence-corrected chi connectivity index (χ1v) is 9.36. The van der Waals surface area contributed by atoms with Gasteiger partial charge in [0.15, 0.2) is 0 Å². The zero-order chi connectivity index (χ0) is 18.8. The summed E-state index contributed by atoms with van der Waals surface area (Å²) < 4.78 is 11.9. The molecule has 0 saturated heterocycles. The Bertz CT molecular complexity index is 978. The van der Waals surface area contributed by atoms with Crippen LogP contribution in [0.3, 0.4) is 0 Å². The molecule has 0 bridgehead atoms. The molecular formula is C20H19N3O3S. The van der Waals surface area contributed by atoms with Crippen LogP contribution in [0.1, 0.15) is 5.01 Å². The number of nitrogens with one attached hydrogen (secondary N) is 1. The molecule has 0 radical (unpaired) electrons. The Kier molecular flexibility index (Phi) is 4.68. The van der Waals surface area contributed by atoms with Crippen molar-refractivity contribution in [3.05, 3.63) is 59.3 Å². The molecule has 7 heteroatoms. The van der Waals surface area contributed by atoms with E-state index in [2.05, 4.69) is 4.98 Å². The molecule has 0 aliphatic carbocycles. The zero-order valence-corrected chi connectivity index (χ0v) is 15.6. The van der Waals surface area contributed by atoms with Gasteiger partial charge in [0.2, 0.25) is 0 Å². The summed E-state index contributed by atoms with van der Waals surface area (Å²) >= 11 is 1.49. The Hall–Kier alpha value is -3.06. The molecule has 0 unspecified atom stereocenters. The van der Waals surface area contributed by atoms with Gasteiger partial charge in [-0.2, -0.15) is 0 Å². The van der Waals surface area contributed by atoms with Gasteiger partial charge in [-0.05, 0) is 36.4 Å². The van der Waals surface area contributed by atoms with Crippen molar-refractivity contribution < 1.29 is 14.6 Å². The van der Waals surface area contributed by atoms with Crippen LogP contribution in [0.2, 0.25) is 0 Å². The van der Waals surface area contributed by atoms with Crippen molar-refractivity contribution in [1.82, 2.24) is 9.88 Å². The van der Waals surface area contributed by atoms with Gasteiger partial charge in [-0.1, -0.05) is 12.1 Å². The largest absolute Gasteiger partial charge is 0.510 e. The fraction of sp³-hybridized carbons (Fsp3) is 0.200. The molecule has 1 aliphatic rings. The Balaban J connectivity index is 1.40. The summed E-state index contributed by atoms with van der Waals surface area (Å²) in [5.74, 6) is 1.98. The van der Waals surface area contributed by atoms with E-state index in [1.807, 2.05) is 48.5 Å². The van der Waals surface area contributed by atoms with Crippen LogP contribution in [0.5, 0.6) is 11.5 Å². The maximum Gasteiger partial charge on any atom is 0.135 e. The number of hydrogen-bond acceptors (Lipinski definition) is 6. The topological polar surface area (TPSA) is 78.7 Å². The van der Waals surface area contributed by atoms with E-state index in [4.69, 9.17) is 14.9 Å². The molecule has 27 heavy (non-hydrogen) atoms. The van der Waals surface area contributed by atoms with Crippen molar-refractivity contribution in [3.8, 4) is 11.5 Å². The molecule has 2 N–H and O–H groups in total. The van der Waals surface area contributed by atoms with Crippen LogP contribution in [-0.2, 0) is 0 Å². The fourth-order valence-electron chi connectivity index (χ4n) is 2.97. The maximum atomic E-state index is 10.4. The van der Waals surface area contributed by atoms with Gasteiger partial charge in [-0.25, -0.2) is 4.98 Å². The second kappa shape index (κ2) is 7.28. The molecule has 0 saturated carbocycles. The third-order valence-corrected chi connectivity index (χ3v) is 5.43. The number of amidine groups is 1. The van der Waals surface area contributed by atoms with Crippen molar-refractivity contribution in [2.24, 2.45) is 0 Å². The summed E-state index contributed by atoms with van der Waals surface area (Å²) in [6, 6.07) is 15.2. The number of nitrogens with zero attached hydrogens (tertiary/aromatic N) is 2. The molecule has 0 atom stereocenters. The molecule has 1 aliphatic heterocycles. The Morgan fingerprint density at radius 1 is 1.15 bits per heavy atom. The molecule has 3 aromatic rings. The Morgan fingerprint density at radius 2 is 1.89 bits per heavy atom. The molecule has 0 amide bonds. The highest BCUT2D eigenvalue weighted by molar-refractivity contribution is 7.19. The summed E-state index contributed by atoms with van der Waals surface area (Å²) in [7, 11) is 1.62. The highest BCUT2D eigenvalue weighted by Crippen LogP contribution is 2.32. The smallest absolute Gasteiger partial charge is 0.135 e. The average molecular weight is 381 g/mol. The lowest BCUT2D eigenvalue weighted by molar-refractivity contribution is 0.265. The second-order valence-corrected chi connectivity index (χ2v) is 7.13. The summed E-state index contributed by atoms with van der Waals surface area (Å²) in [4.78, 5) is 6.36. The van der Waals surface area contributed by atoms with E-state index < -0.39 is 0 Å². The first-order valence-electron chi connectivity index (χ1n) is 8.54. The van der Waals surface area contributed by atoms with Gasteiger partial charge in [0, 0.05) is 0 Å². The monoisotopic (exact) mass is 381 g/mol. The quantitative estimate of drug-likeness (QED) is 0.676. The van der Waals surface area contributed by atoms with E-state index in [1.54, 1.807) is 12.0 Å². The predicted molar refractivity (Wildman–Crippen MR) is 107 cm³/mol. The number of fused-ring (bicyclic) bond motifs is 1. The van der Waals surface area contributed by atoms with Crippen LogP contribution in [0.4, 0.5) is 0 Å². The Morgan fingerprint density at radius 3 is 2.63 bits per heavy atom. The first kappa shape index (κ1) is 17.4. The van der Waals surface area contributed by atoms with Crippen LogP contribution in [0.15, 0.2) is 54.3 Å². The summed E-state index contributed by atoms with van der Waals surface area (Å²) in [5, 5.41) is 19.5. The van der Waals surface area contributed by atoms with Gasteiger partial charge >= 0.3 is 0 Å². The lowest BCUT2D eigenvalue weighted by Gasteiger charge is -2.18. The second-order valence-electron chi connectivity index (χ2n) is 6.10. The molecule has 2 heterocycles. The van der Waals surface area contributed by atoms with Crippen molar-refractivity contribution in [2.75, 3.05) is 26.8 Å². The number of thiazole rings is 1. The molecule has 0 spiro atoms. The fourth-order valence-corrected chi connectivity index (χ4v) is 4.01. The van der Waals surface area contributed by atoms with Crippen molar-refractivity contribution in [3.63, 3.8) is 0 Å². The van der Waals surface area contributed by atoms with E-state index in [0.29, 0.717) is 30.3 Å². The third kappa shape index (κ3) is 3.46. The van der Waals surface area contributed by atoms with Gasteiger partial charge in [0.05, 0.1) is 36.0 Å². The molecule has 4 rings (SSSR count). The van der Waals surface area contributed by atoms with E-state index in [1.165, 1.54) is 11.3 Å². The molecule has 138 valence electrons. The SMILES string of the molecule is COc1ccc(OCCN2CC(O)=C(c3nc4ccccc4s3)C2=N)cc1. The van der Waals surface area contributed by atoms with Gasteiger partial charge < -0.3 is 19.5 Å². The number of aromatic nitrogens is 1. The van der Waals surface area contributed by atoms with Crippen LogP contribution in [0.25, 0.3) is 15.8 Å². The molecule has 0 fully saturated rings. The van der Waals surface area contributed by atoms with Crippen molar-refractivity contribution in [1.29, 1.82) is 5.41 Å². The normalized spacial score (nSPS) is 14.3. The predicted octanol–water partition coefficient (Wildman–Crippen LogP) is 3.95. The number of aliphatic hydroxyl groups is 1. The molecular weight excluding hydrogens is 362 g/mol. The first-order chi connectivity index (χ1) is 13.2. The molecule has 6 nitrogen and oxygen atoms in total. The van der Waals surface area contributed by atoms with E-state index in [0.717, 1.165) is 21.7 Å². The minimum atomic E-state index is 0.184. The zero-order valence-electron chi connectivity index (χ0n) is 14.8. The van der Waals surface area contributed by atoms with E-state index in [-0.39, 0.29) is 11.6 Å². The number of aliphatic hydroxyl groups excluding tert-OH is 1. The van der Waals surface area contributed by atoms with Gasteiger partial charge in [0.1, 0.15) is 34.7 Å². The van der Waals surface area contributed by atoms with E-state index >= 15 is 0 Å². The van der Waals surface area contributed by atoms with E-state index in [9.17, 15) is 5.11 Å².